The molecule has 1 unspecified atom stereocenters. The number of aryl methyl sites for hydroxylation is 1. The average Bonchev–Trinajstić information content (AvgIpc) is 3.08. The van der Waals surface area contributed by atoms with E-state index in [9.17, 15) is 5.11 Å². The van der Waals surface area contributed by atoms with E-state index >= 15 is 0 Å². The van der Waals surface area contributed by atoms with E-state index in [1.807, 2.05) is 19.1 Å². The van der Waals surface area contributed by atoms with Crippen molar-refractivity contribution < 1.29 is 9.84 Å². The summed E-state index contributed by atoms with van der Waals surface area (Å²) in [6.45, 7) is 4.87. The summed E-state index contributed by atoms with van der Waals surface area (Å²) in [6.07, 6.45) is 4.35. The normalized spacial score (nSPS) is 24.4. The second-order valence-corrected chi connectivity index (χ2v) is 5.88. The van der Waals surface area contributed by atoms with Gasteiger partial charge in [-0.3, -0.25) is 0 Å². The van der Waals surface area contributed by atoms with Crippen molar-refractivity contribution in [2.24, 2.45) is 5.41 Å². The minimum absolute atomic E-state index is 0.0307. The number of ether oxygens (including phenoxy) is 1. The maximum Gasteiger partial charge on any atom is 0.128 e. The molecule has 17 heavy (non-hydrogen) atoms. The van der Waals surface area contributed by atoms with E-state index in [0.717, 1.165) is 43.6 Å². The van der Waals surface area contributed by atoms with Gasteiger partial charge in [-0.1, -0.05) is 25.1 Å². The Morgan fingerprint density at radius 2 is 2.12 bits per heavy atom. The van der Waals surface area contributed by atoms with Crippen molar-refractivity contribution in [1.29, 1.82) is 0 Å². The summed E-state index contributed by atoms with van der Waals surface area (Å²) in [4.78, 5) is 0. The first kappa shape index (κ1) is 11.1. The van der Waals surface area contributed by atoms with Crippen LogP contribution in [0.4, 0.5) is 0 Å². The van der Waals surface area contributed by atoms with E-state index in [2.05, 4.69) is 13.0 Å². The first-order valence-corrected chi connectivity index (χ1v) is 6.52. The molecule has 1 heterocycles. The largest absolute Gasteiger partial charge is 0.493 e. The van der Waals surface area contributed by atoms with Gasteiger partial charge < -0.3 is 9.84 Å². The Balaban J connectivity index is 2.08. The second kappa shape index (κ2) is 3.49. The van der Waals surface area contributed by atoms with Crippen LogP contribution < -0.4 is 4.74 Å². The van der Waals surface area contributed by atoms with Gasteiger partial charge in [-0.25, -0.2) is 0 Å². The van der Waals surface area contributed by atoms with Crippen molar-refractivity contribution in [1.82, 2.24) is 0 Å². The Kier molecular flexibility index (Phi) is 2.27. The Morgan fingerprint density at radius 1 is 1.35 bits per heavy atom. The first-order valence-electron chi connectivity index (χ1n) is 6.52. The summed E-state index contributed by atoms with van der Waals surface area (Å²) in [7, 11) is 0. The SMILES string of the molecule is CC1(C(C)(O)c2cccc3c2OCCC3)CC1. The van der Waals surface area contributed by atoms with Gasteiger partial charge >= 0.3 is 0 Å². The topological polar surface area (TPSA) is 29.5 Å². The number of benzene rings is 1. The van der Waals surface area contributed by atoms with E-state index in [4.69, 9.17) is 4.74 Å². The molecule has 1 aliphatic heterocycles. The molecule has 0 saturated heterocycles. The number of para-hydroxylation sites is 1. The molecule has 1 fully saturated rings. The molecule has 1 aromatic rings. The molecule has 0 bridgehead atoms. The standard InChI is InChI=1S/C15H20O2/c1-14(8-9-14)15(2,16)12-7-3-5-11-6-4-10-17-13(11)12/h3,5,7,16H,4,6,8-10H2,1-2H3. The van der Waals surface area contributed by atoms with Crippen LogP contribution in [0.2, 0.25) is 0 Å². The maximum absolute atomic E-state index is 10.9. The monoisotopic (exact) mass is 232 g/mol. The maximum atomic E-state index is 10.9. The van der Waals surface area contributed by atoms with Gasteiger partial charge in [0.05, 0.1) is 12.2 Å². The van der Waals surface area contributed by atoms with E-state index in [-0.39, 0.29) is 5.41 Å². The van der Waals surface area contributed by atoms with Crippen LogP contribution >= 0.6 is 0 Å². The lowest BCUT2D eigenvalue weighted by Gasteiger charge is -2.34. The molecular weight excluding hydrogens is 212 g/mol. The zero-order valence-corrected chi connectivity index (χ0v) is 10.6. The number of aliphatic hydroxyl groups is 1. The van der Waals surface area contributed by atoms with E-state index in [1.54, 1.807) is 0 Å². The van der Waals surface area contributed by atoms with Crippen molar-refractivity contribution in [3.05, 3.63) is 29.3 Å². The summed E-state index contributed by atoms with van der Waals surface area (Å²) >= 11 is 0. The molecule has 1 saturated carbocycles. The van der Waals surface area contributed by atoms with Crippen LogP contribution in [0.1, 0.15) is 44.2 Å². The van der Waals surface area contributed by atoms with Gasteiger partial charge in [-0.05, 0) is 38.2 Å². The zero-order valence-electron chi connectivity index (χ0n) is 10.6. The minimum Gasteiger partial charge on any atom is -0.493 e. The molecule has 0 amide bonds. The fourth-order valence-electron chi connectivity index (χ4n) is 2.77. The van der Waals surface area contributed by atoms with E-state index < -0.39 is 5.60 Å². The van der Waals surface area contributed by atoms with Gasteiger partial charge in [0.25, 0.3) is 0 Å². The van der Waals surface area contributed by atoms with Gasteiger partial charge in [-0.2, -0.15) is 0 Å². The predicted octanol–water partition coefficient (Wildman–Crippen LogP) is 3.02. The Bertz CT molecular complexity index is 444. The molecule has 1 atom stereocenters. The summed E-state index contributed by atoms with van der Waals surface area (Å²) < 4.78 is 5.80. The summed E-state index contributed by atoms with van der Waals surface area (Å²) in [5.74, 6) is 0.942. The van der Waals surface area contributed by atoms with Crippen LogP contribution in [0, 0.1) is 5.41 Å². The van der Waals surface area contributed by atoms with Crippen LogP contribution in [0.5, 0.6) is 5.75 Å². The van der Waals surface area contributed by atoms with Gasteiger partial charge in [-0.15, -0.1) is 0 Å². The Hall–Kier alpha value is -1.02. The van der Waals surface area contributed by atoms with Gasteiger partial charge in [0.15, 0.2) is 0 Å². The van der Waals surface area contributed by atoms with Crippen molar-refractivity contribution in [2.75, 3.05) is 6.61 Å². The minimum atomic E-state index is -0.768. The highest BCUT2D eigenvalue weighted by molar-refractivity contribution is 5.47. The first-order chi connectivity index (χ1) is 8.05. The summed E-state index contributed by atoms with van der Waals surface area (Å²) in [5, 5.41) is 10.9. The molecule has 1 N–H and O–H groups in total. The third-order valence-corrected chi connectivity index (χ3v) is 4.63. The molecule has 0 radical (unpaired) electrons. The molecule has 2 heteroatoms. The molecule has 2 aliphatic rings. The quantitative estimate of drug-likeness (QED) is 0.849. The predicted molar refractivity (Wildman–Crippen MR) is 67.2 cm³/mol. The molecular formula is C15H20O2. The van der Waals surface area contributed by atoms with Crippen LogP contribution in [0.25, 0.3) is 0 Å². The fourth-order valence-corrected chi connectivity index (χ4v) is 2.77. The molecule has 0 aromatic heterocycles. The van der Waals surface area contributed by atoms with Crippen LogP contribution in [0.3, 0.4) is 0 Å². The van der Waals surface area contributed by atoms with Crippen LogP contribution in [-0.2, 0) is 12.0 Å². The van der Waals surface area contributed by atoms with Gasteiger partial charge in [0, 0.05) is 11.0 Å². The van der Waals surface area contributed by atoms with Crippen LogP contribution in [0.15, 0.2) is 18.2 Å². The molecule has 92 valence electrons. The number of hydrogen-bond acceptors (Lipinski definition) is 2. The lowest BCUT2D eigenvalue weighted by molar-refractivity contribution is -0.0153. The molecule has 2 nitrogen and oxygen atoms in total. The van der Waals surface area contributed by atoms with E-state index in [0.29, 0.717) is 0 Å². The highest BCUT2D eigenvalue weighted by Crippen LogP contribution is 2.59. The van der Waals surface area contributed by atoms with Crippen molar-refractivity contribution in [2.45, 2.75) is 45.1 Å². The summed E-state index contributed by atoms with van der Waals surface area (Å²) in [5.41, 5.74) is 1.49. The molecule has 1 aliphatic carbocycles. The zero-order chi connectivity index (χ0) is 12.1. The van der Waals surface area contributed by atoms with Gasteiger partial charge in [0.1, 0.15) is 5.75 Å². The Morgan fingerprint density at radius 3 is 2.82 bits per heavy atom. The molecule has 1 aromatic carbocycles. The lowest BCUT2D eigenvalue weighted by atomic mass is 9.79. The lowest BCUT2D eigenvalue weighted by Crippen LogP contribution is -2.32. The van der Waals surface area contributed by atoms with Crippen LogP contribution in [-0.4, -0.2) is 11.7 Å². The average molecular weight is 232 g/mol. The Labute approximate surface area is 103 Å². The van der Waals surface area contributed by atoms with Crippen molar-refractivity contribution >= 4 is 0 Å². The molecule has 0 spiro atoms. The smallest absolute Gasteiger partial charge is 0.128 e. The number of hydrogen-bond donors (Lipinski definition) is 1. The van der Waals surface area contributed by atoms with Crippen molar-refractivity contribution in [3.63, 3.8) is 0 Å². The van der Waals surface area contributed by atoms with Gasteiger partial charge in [0.2, 0.25) is 0 Å². The number of rotatable bonds is 2. The third-order valence-electron chi connectivity index (χ3n) is 4.63. The summed E-state index contributed by atoms with van der Waals surface area (Å²) in [6, 6.07) is 6.18. The van der Waals surface area contributed by atoms with E-state index in [1.165, 1.54) is 5.56 Å². The molecule has 3 rings (SSSR count). The highest BCUT2D eigenvalue weighted by Gasteiger charge is 2.54. The van der Waals surface area contributed by atoms with Crippen molar-refractivity contribution in [3.8, 4) is 5.75 Å². The third kappa shape index (κ3) is 1.58. The number of fused-ring (bicyclic) bond motifs is 1. The second-order valence-electron chi connectivity index (χ2n) is 5.88. The highest BCUT2D eigenvalue weighted by atomic mass is 16.5. The fraction of sp³-hybridized carbons (Fsp3) is 0.600.